The van der Waals surface area contributed by atoms with Crippen molar-refractivity contribution in [1.29, 1.82) is 0 Å². The molecular formula is C20H28N4. The summed E-state index contributed by atoms with van der Waals surface area (Å²) in [6.45, 7) is 6.75. The van der Waals surface area contributed by atoms with Gasteiger partial charge in [0.2, 0.25) is 0 Å². The monoisotopic (exact) mass is 324 g/mol. The van der Waals surface area contributed by atoms with Gasteiger partial charge in [0.05, 0.1) is 6.04 Å². The normalized spacial score (nSPS) is 18.2. The van der Waals surface area contributed by atoms with Gasteiger partial charge in [0.1, 0.15) is 5.69 Å². The minimum atomic E-state index is 0.422. The van der Waals surface area contributed by atoms with Crippen LogP contribution in [0.25, 0.3) is 11.5 Å². The standard InChI is InChI=1S/C20H28N4/c1-4-14(5-2)19-22-20(24(23-19)13(3)15-9-10-15)18-12-11-16-7-6-8-17(16)21-18/h11-15H,4-10H2,1-3H3. The van der Waals surface area contributed by atoms with Gasteiger partial charge in [-0.25, -0.2) is 14.6 Å². The van der Waals surface area contributed by atoms with Crippen LogP contribution in [0.4, 0.5) is 0 Å². The SMILES string of the molecule is CCC(CC)c1nc(-c2ccc3c(n2)CCC3)n(C(C)C2CC2)n1. The Morgan fingerprint density at radius 2 is 1.92 bits per heavy atom. The molecule has 0 spiro atoms. The molecule has 4 nitrogen and oxygen atoms in total. The lowest BCUT2D eigenvalue weighted by Crippen LogP contribution is -2.12. The number of nitrogens with zero attached hydrogens (tertiary/aromatic N) is 4. The number of hydrogen-bond acceptors (Lipinski definition) is 3. The Bertz CT molecular complexity index is 725. The molecule has 1 unspecified atom stereocenters. The molecule has 0 radical (unpaired) electrons. The third-order valence-corrected chi connectivity index (χ3v) is 5.85. The quantitative estimate of drug-likeness (QED) is 0.773. The molecule has 24 heavy (non-hydrogen) atoms. The highest BCUT2D eigenvalue weighted by Gasteiger charge is 2.33. The van der Waals surface area contributed by atoms with Crippen LogP contribution in [-0.4, -0.2) is 19.7 Å². The van der Waals surface area contributed by atoms with E-state index < -0.39 is 0 Å². The highest BCUT2D eigenvalue weighted by atomic mass is 15.4. The maximum absolute atomic E-state index is 4.97. The predicted molar refractivity (Wildman–Crippen MR) is 96.0 cm³/mol. The zero-order valence-electron chi connectivity index (χ0n) is 15.1. The fraction of sp³-hybridized carbons (Fsp3) is 0.650. The molecule has 0 saturated heterocycles. The van der Waals surface area contributed by atoms with E-state index in [1.807, 2.05) is 0 Å². The van der Waals surface area contributed by atoms with Crippen molar-refractivity contribution >= 4 is 0 Å². The molecule has 0 aliphatic heterocycles. The minimum absolute atomic E-state index is 0.422. The van der Waals surface area contributed by atoms with Gasteiger partial charge in [-0.15, -0.1) is 0 Å². The molecule has 1 saturated carbocycles. The van der Waals surface area contributed by atoms with Gasteiger partial charge in [-0.2, -0.15) is 5.10 Å². The van der Waals surface area contributed by atoms with E-state index in [-0.39, 0.29) is 0 Å². The van der Waals surface area contributed by atoms with Crippen LogP contribution >= 0.6 is 0 Å². The van der Waals surface area contributed by atoms with E-state index in [1.165, 1.54) is 36.9 Å². The van der Waals surface area contributed by atoms with Gasteiger partial charge in [-0.1, -0.05) is 19.9 Å². The van der Waals surface area contributed by atoms with E-state index in [2.05, 4.69) is 37.6 Å². The first-order valence-corrected chi connectivity index (χ1v) is 9.66. The largest absolute Gasteiger partial charge is 0.249 e. The third kappa shape index (κ3) is 2.76. The number of rotatable bonds is 6. The Morgan fingerprint density at radius 1 is 1.12 bits per heavy atom. The first-order chi connectivity index (χ1) is 11.7. The average Bonchev–Trinajstić information content (AvgIpc) is 3.18. The molecule has 2 aliphatic carbocycles. The molecule has 2 aromatic heterocycles. The Labute approximate surface area is 144 Å². The highest BCUT2D eigenvalue weighted by molar-refractivity contribution is 5.52. The molecule has 2 aromatic rings. The Hall–Kier alpha value is -1.71. The predicted octanol–water partition coefficient (Wildman–Crippen LogP) is 4.70. The van der Waals surface area contributed by atoms with Gasteiger partial charge in [0, 0.05) is 11.6 Å². The minimum Gasteiger partial charge on any atom is -0.249 e. The molecule has 1 fully saturated rings. The van der Waals surface area contributed by atoms with Crippen LogP contribution in [0.5, 0.6) is 0 Å². The van der Waals surface area contributed by atoms with Crippen molar-refractivity contribution in [3.8, 4) is 11.5 Å². The summed E-state index contributed by atoms with van der Waals surface area (Å²) in [6, 6.07) is 4.83. The van der Waals surface area contributed by atoms with E-state index in [4.69, 9.17) is 15.1 Å². The van der Waals surface area contributed by atoms with Crippen LogP contribution in [0.2, 0.25) is 0 Å². The van der Waals surface area contributed by atoms with Crippen LogP contribution in [0.1, 0.15) is 81.9 Å². The van der Waals surface area contributed by atoms with Crippen LogP contribution in [0, 0.1) is 5.92 Å². The summed E-state index contributed by atoms with van der Waals surface area (Å²) in [6.07, 6.45) is 8.33. The summed E-state index contributed by atoms with van der Waals surface area (Å²) in [4.78, 5) is 9.92. The molecule has 4 heteroatoms. The fourth-order valence-corrected chi connectivity index (χ4v) is 3.95. The molecular weight excluding hydrogens is 296 g/mol. The van der Waals surface area contributed by atoms with E-state index in [0.29, 0.717) is 12.0 Å². The molecule has 2 aliphatic rings. The van der Waals surface area contributed by atoms with Crippen molar-refractivity contribution in [2.45, 2.75) is 77.7 Å². The van der Waals surface area contributed by atoms with Crippen molar-refractivity contribution in [3.63, 3.8) is 0 Å². The van der Waals surface area contributed by atoms with Crippen LogP contribution in [-0.2, 0) is 12.8 Å². The Kier molecular flexibility index (Phi) is 4.15. The molecule has 2 heterocycles. The fourth-order valence-electron chi connectivity index (χ4n) is 3.95. The van der Waals surface area contributed by atoms with Gasteiger partial charge < -0.3 is 0 Å². The van der Waals surface area contributed by atoms with Gasteiger partial charge >= 0.3 is 0 Å². The number of fused-ring (bicyclic) bond motifs is 1. The Balaban J connectivity index is 1.77. The average molecular weight is 324 g/mol. The second-order valence-electron chi connectivity index (χ2n) is 7.49. The zero-order chi connectivity index (χ0) is 16.7. The smallest absolute Gasteiger partial charge is 0.177 e. The summed E-state index contributed by atoms with van der Waals surface area (Å²) >= 11 is 0. The molecule has 0 bridgehead atoms. The lowest BCUT2D eigenvalue weighted by Gasteiger charge is -2.14. The maximum atomic E-state index is 4.97. The molecule has 0 aromatic carbocycles. The van der Waals surface area contributed by atoms with Crippen molar-refractivity contribution < 1.29 is 0 Å². The van der Waals surface area contributed by atoms with E-state index >= 15 is 0 Å². The van der Waals surface area contributed by atoms with Crippen molar-refractivity contribution in [2.24, 2.45) is 5.92 Å². The number of pyridine rings is 1. The highest BCUT2D eigenvalue weighted by Crippen LogP contribution is 2.41. The summed E-state index contributed by atoms with van der Waals surface area (Å²) < 4.78 is 2.18. The van der Waals surface area contributed by atoms with Gasteiger partial charge in [0.25, 0.3) is 0 Å². The topological polar surface area (TPSA) is 43.6 Å². The summed E-state index contributed by atoms with van der Waals surface area (Å²) in [7, 11) is 0. The van der Waals surface area contributed by atoms with E-state index in [1.54, 1.807) is 0 Å². The van der Waals surface area contributed by atoms with Crippen molar-refractivity contribution in [3.05, 3.63) is 29.2 Å². The van der Waals surface area contributed by atoms with Gasteiger partial charge in [-0.05, 0) is 69.4 Å². The van der Waals surface area contributed by atoms with Crippen molar-refractivity contribution in [1.82, 2.24) is 19.7 Å². The zero-order valence-corrected chi connectivity index (χ0v) is 15.1. The first kappa shape index (κ1) is 15.8. The summed E-state index contributed by atoms with van der Waals surface area (Å²) in [5.41, 5.74) is 3.69. The lowest BCUT2D eigenvalue weighted by molar-refractivity contribution is 0.435. The number of aromatic nitrogens is 4. The summed E-state index contributed by atoms with van der Waals surface area (Å²) in [5, 5.41) is 4.95. The first-order valence-electron chi connectivity index (χ1n) is 9.66. The molecule has 1 atom stereocenters. The molecule has 0 amide bonds. The van der Waals surface area contributed by atoms with Crippen LogP contribution in [0.15, 0.2) is 12.1 Å². The summed E-state index contributed by atoms with van der Waals surface area (Å²) in [5.74, 6) is 3.19. The third-order valence-electron chi connectivity index (χ3n) is 5.85. The van der Waals surface area contributed by atoms with Gasteiger partial charge in [0.15, 0.2) is 11.6 Å². The van der Waals surface area contributed by atoms with Crippen LogP contribution < -0.4 is 0 Å². The van der Waals surface area contributed by atoms with E-state index in [9.17, 15) is 0 Å². The van der Waals surface area contributed by atoms with Gasteiger partial charge in [-0.3, -0.25) is 0 Å². The second-order valence-corrected chi connectivity index (χ2v) is 7.49. The molecule has 0 N–H and O–H groups in total. The van der Waals surface area contributed by atoms with Crippen molar-refractivity contribution in [2.75, 3.05) is 0 Å². The number of aryl methyl sites for hydroxylation is 2. The maximum Gasteiger partial charge on any atom is 0.177 e. The number of hydrogen-bond donors (Lipinski definition) is 0. The molecule has 128 valence electrons. The second kappa shape index (κ2) is 6.30. The lowest BCUT2D eigenvalue weighted by atomic mass is 10.0. The van der Waals surface area contributed by atoms with Crippen LogP contribution in [0.3, 0.4) is 0 Å². The molecule has 4 rings (SSSR count). The van der Waals surface area contributed by atoms with E-state index in [0.717, 1.165) is 42.5 Å². The Morgan fingerprint density at radius 3 is 2.62 bits per heavy atom.